The van der Waals surface area contributed by atoms with Gasteiger partial charge in [0.2, 0.25) is 0 Å². The molecule has 0 bridgehead atoms. The number of hydrogen-bond acceptors (Lipinski definition) is 2. The van der Waals surface area contributed by atoms with E-state index in [0.29, 0.717) is 11.3 Å². The zero-order chi connectivity index (χ0) is 14.8. The molecule has 1 heterocycles. The van der Waals surface area contributed by atoms with Crippen molar-refractivity contribution in [1.29, 1.82) is 0 Å². The molecule has 0 spiro atoms. The molecule has 0 saturated heterocycles. The standard InChI is InChI=1S/C17H17FN2O/c1-11-4-2-6-14(16(11)18)17(21)20-13-8-7-12-5-3-9-19-15(12)10-13/h2,4,6-8,10,19H,3,5,9H2,1H3,(H,20,21). The maximum Gasteiger partial charge on any atom is 0.258 e. The molecule has 0 fully saturated rings. The van der Waals surface area contributed by atoms with Crippen LogP contribution in [0.25, 0.3) is 0 Å². The Kier molecular flexibility index (Phi) is 3.60. The van der Waals surface area contributed by atoms with Gasteiger partial charge in [-0.25, -0.2) is 4.39 Å². The molecule has 1 aliphatic heterocycles. The first-order chi connectivity index (χ1) is 10.1. The third kappa shape index (κ3) is 2.75. The highest BCUT2D eigenvalue weighted by molar-refractivity contribution is 6.04. The van der Waals surface area contributed by atoms with Gasteiger partial charge in [-0.2, -0.15) is 0 Å². The van der Waals surface area contributed by atoms with Crippen LogP contribution < -0.4 is 10.6 Å². The van der Waals surface area contributed by atoms with E-state index in [9.17, 15) is 9.18 Å². The Morgan fingerprint density at radius 1 is 1.29 bits per heavy atom. The van der Waals surface area contributed by atoms with E-state index >= 15 is 0 Å². The summed E-state index contributed by atoms with van der Waals surface area (Å²) in [5.74, 6) is -0.891. The maximum absolute atomic E-state index is 14.0. The van der Waals surface area contributed by atoms with Crippen LogP contribution in [0.3, 0.4) is 0 Å². The van der Waals surface area contributed by atoms with Crippen LogP contribution in [0.5, 0.6) is 0 Å². The highest BCUT2D eigenvalue weighted by atomic mass is 19.1. The Morgan fingerprint density at radius 2 is 2.14 bits per heavy atom. The number of aryl methyl sites for hydroxylation is 2. The second kappa shape index (κ2) is 5.56. The molecule has 1 aliphatic rings. The number of amides is 1. The predicted octanol–water partition coefficient (Wildman–Crippen LogP) is 3.74. The lowest BCUT2D eigenvalue weighted by atomic mass is 10.0. The highest BCUT2D eigenvalue weighted by Crippen LogP contribution is 2.26. The molecule has 0 aliphatic carbocycles. The Bertz CT molecular complexity index is 697. The van der Waals surface area contributed by atoms with Crippen LogP contribution in [0.15, 0.2) is 36.4 Å². The van der Waals surface area contributed by atoms with E-state index in [1.165, 1.54) is 11.6 Å². The molecule has 2 aromatic rings. The van der Waals surface area contributed by atoms with Gasteiger partial charge in [0.15, 0.2) is 0 Å². The van der Waals surface area contributed by atoms with Crippen molar-refractivity contribution in [3.8, 4) is 0 Å². The number of anilines is 2. The lowest BCUT2D eigenvalue weighted by Crippen LogP contribution is -2.16. The Morgan fingerprint density at radius 3 is 3.00 bits per heavy atom. The quantitative estimate of drug-likeness (QED) is 0.882. The van der Waals surface area contributed by atoms with E-state index in [1.54, 1.807) is 19.1 Å². The summed E-state index contributed by atoms with van der Waals surface area (Å²) in [5, 5.41) is 6.07. The van der Waals surface area contributed by atoms with Crippen LogP contribution in [0.1, 0.15) is 27.9 Å². The van der Waals surface area contributed by atoms with E-state index in [-0.39, 0.29) is 5.56 Å². The van der Waals surface area contributed by atoms with Crippen molar-refractivity contribution < 1.29 is 9.18 Å². The van der Waals surface area contributed by atoms with Gasteiger partial charge in [-0.3, -0.25) is 4.79 Å². The molecular formula is C17H17FN2O. The maximum atomic E-state index is 14.0. The number of rotatable bonds is 2. The number of hydrogen-bond donors (Lipinski definition) is 2. The van der Waals surface area contributed by atoms with Crippen LogP contribution in [-0.4, -0.2) is 12.5 Å². The lowest BCUT2D eigenvalue weighted by Gasteiger charge is -2.19. The molecule has 3 rings (SSSR count). The first-order valence-corrected chi connectivity index (χ1v) is 7.08. The van der Waals surface area contributed by atoms with Crippen LogP contribution in [0.2, 0.25) is 0 Å². The van der Waals surface area contributed by atoms with Crippen molar-refractivity contribution >= 4 is 17.3 Å². The Labute approximate surface area is 123 Å². The smallest absolute Gasteiger partial charge is 0.258 e. The van der Waals surface area contributed by atoms with E-state index in [0.717, 1.165) is 25.1 Å². The molecule has 2 N–H and O–H groups in total. The van der Waals surface area contributed by atoms with E-state index in [4.69, 9.17) is 0 Å². The molecule has 0 aromatic heterocycles. The summed E-state index contributed by atoms with van der Waals surface area (Å²) >= 11 is 0. The van der Waals surface area contributed by atoms with Gasteiger partial charge in [0.05, 0.1) is 5.56 Å². The molecule has 21 heavy (non-hydrogen) atoms. The fourth-order valence-corrected chi connectivity index (χ4v) is 2.56. The minimum atomic E-state index is -0.467. The second-order valence-corrected chi connectivity index (χ2v) is 5.29. The fraction of sp³-hybridized carbons (Fsp3) is 0.235. The molecule has 2 aromatic carbocycles. The zero-order valence-electron chi connectivity index (χ0n) is 11.9. The zero-order valence-corrected chi connectivity index (χ0v) is 11.9. The minimum Gasteiger partial charge on any atom is -0.385 e. The summed E-state index contributed by atoms with van der Waals surface area (Å²) in [6.07, 6.45) is 2.16. The number of nitrogens with one attached hydrogen (secondary N) is 2. The largest absolute Gasteiger partial charge is 0.385 e. The van der Waals surface area contributed by atoms with Gasteiger partial charge in [0, 0.05) is 17.9 Å². The fourth-order valence-electron chi connectivity index (χ4n) is 2.56. The first-order valence-electron chi connectivity index (χ1n) is 7.08. The summed E-state index contributed by atoms with van der Waals surface area (Å²) in [7, 11) is 0. The van der Waals surface area contributed by atoms with Crippen molar-refractivity contribution in [3.05, 3.63) is 58.9 Å². The molecule has 0 unspecified atom stereocenters. The van der Waals surface area contributed by atoms with E-state index < -0.39 is 11.7 Å². The van der Waals surface area contributed by atoms with Crippen LogP contribution >= 0.6 is 0 Å². The molecule has 3 nitrogen and oxygen atoms in total. The van der Waals surface area contributed by atoms with Crippen molar-refractivity contribution in [2.45, 2.75) is 19.8 Å². The summed E-state index contributed by atoms with van der Waals surface area (Å²) in [6, 6.07) is 10.6. The average Bonchev–Trinajstić information content (AvgIpc) is 2.50. The molecule has 0 radical (unpaired) electrons. The van der Waals surface area contributed by atoms with Gasteiger partial charge in [-0.15, -0.1) is 0 Å². The second-order valence-electron chi connectivity index (χ2n) is 5.29. The van der Waals surface area contributed by atoms with Gasteiger partial charge >= 0.3 is 0 Å². The molecule has 108 valence electrons. The Hall–Kier alpha value is -2.36. The molecule has 0 atom stereocenters. The predicted molar refractivity (Wildman–Crippen MR) is 82.3 cm³/mol. The van der Waals surface area contributed by atoms with Crippen LogP contribution in [0, 0.1) is 12.7 Å². The van der Waals surface area contributed by atoms with Gasteiger partial charge < -0.3 is 10.6 Å². The summed E-state index contributed by atoms with van der Waals surface area (Å²) < 4.78 is 14.0. The molecule has 1 amide bonds. The third-order valence-electron chi connectivity index (χ3n) is 3.74. The number of halogens is 1. The van der Waals surface area contributed by atoms with Gasteiger partial charge in [0.1, 0.15) is 5.82 Å². The molecule has 4 heteroatoms. The number of carbonyl (C=O) groups excluding carboxylic acids is 1. The average molecular weight is 284 g/mol. The summed E-state index contributed by atoms with van der Waals surface area (Å²) in [4.78, 5) is 12.2. The molecular weight excluding hydrogens is 267 g/mol. The van der Waals surface area contributed by atoms with E-state index in [2.05, 4.69) is 10.6 Å². The van der Waals surface area contributed by atoms with Crippen molar-refractivity contribution in [3.63, 3.8) is 0 Å². The number of carbonyl (C=O) groups is 1. The number of fused-ring (bicyclic) bond motifs is 1. The van der Waals surface area contributed by atoms with E-state index in [1.807, 2.05) is 18.2 Å². The monoisotopic (exact) mass is 284 g/mol. The van der Waals surface area contributed by atoms with Gasteiger partial charge in [0.25, 0.3) is 5.91 Å². The normalized spacial score (nSPS) is 13.2. The summed E-state index contributed by atoms with van der Waals surface area (Å²) in [6.45, 7) is 2.59. The topological polar surface area (TPSA) is 41.1 Å². The lowest BCUT2D eigenvalue weighted by molar-refractivity contribution is 0.102. The third-order valence-corrected chi connectivity index (χ3v) is 3.74. The van der Waals surface area contributed by atoms with Crippen LogP contribution in [-0.2, 0) is 6.42 Å². The van der Waals surface area contributed by atoms with Crippen molar-refractivity contribution in [2.24, 2.45) is 0 Å². The SMILES string of the molecule is Cc1cccc(C(=O)Nc2ccc3c(c2)NCCC3)c1F. The first kappa shape index (κ1) is 13.6. The Balaban J connectivity index is 1.83. The molecule has 0 saturated carbocycles. The van der Waals surface area contributed by atoms with Crippen molar-refractivity contribution in [1.82, 2.24) is 0 Å². The number of benzene rings is 2. The highest BCUT2D eigenvalue weighted by Gasteiger charge is 2.14. The minimum absolute atomic E-state index is 0.0701. The summed E-state index contributed by atoms with van der Waals surface area (Å²) in [5.41, 5.74) is 3.51. The van der Waals surface area contributed by atoms with Crippen molar-refractivity contribution in [2.75, 3.05) is 17.2 Å². The van der Waals surface area contributed by atoms with Gasteiger partial charge in [-0.1, -0.05) is 18.2 Å². The van der Waals surface area contributed by atoms with Gasteiger partial charge in [-0.05, 0) is 49.1 Å². The van der Waals surface area contributed by atoms with Crippen LogP contribution in [0.4, 0.5) is 15.8 Å².